The second kappa shape index (κ2) is 9.39. The summed E-state index contributed by atoms with van der Waals surface area (Å²) in [5.41, 5.74) is 4.83. The number of benzene rings is 2. The van der Waals surface area contributed by atoms with Crippen LogP contribution in [0.25, 0.3) is 0 Å². The summed E-state index contributed by atoms with van der Waals surface area (Å²) in [7, 11) is 6.01. The van der Waals surface area contributed by atoms with E-state index in [1.54, 1.807) is 0 Å². The van der Waals surface area contributed by atoms with Crippen molar-refractivity contribution in [3.63, 3.8) is 0 Å². The van der Waals surface area contributed by atoms with Crippen molar-refractivity contribution in [2.75, 3.05) is 32.6 Å². The molecule has 0 aliphatic heterocycles. The molecule has 0 spiro atoms. The molecule has 0 saturated heterocycles. The summed E-state index contributed by atoms with van der Waals surface area (Å²) in [6.45, 7) is 6.10. The number of likely N-dealkylation sites (N-methyl/N-ethyl adjacent to an activating group) is 1. The minimum absolute atomic E-state index is 0.0444. The molecule has 0 aromatic heterocycles. The summed E-state index contributed by atoms with van der Waals surface area (Å²) >= 11 is 0. The van der Waals surface area contributed by atoms with E-state index < -0.39 is 0 Å². The van der Waals surface area contributed by atoms with Crippen LogP contribution in [0.2, 0.25) is 0 Å². The largest absolute Gasteiger partial charge is 0.378 e. The minimum atomic E-state index is 0.0444. The van der Waals surface area contributed by atoms with Gasteiger partial charge in [-0.1, -0.05) is 50.2 Å². The number of hydrogen-bond acceptors (Lipinski definition) is 3. The number of hydrogen-bond donors (Lipinski definition) is 1. The summed E-state index contributed by atoms with van der Waals surface area (Å²) < 4.78 is 0. The first-order valence-corrected chi connectivity index (χ1v) is 9.15. The summed E-state index contributed by atoms with van der Waals surface area (Å²) in [6, 6.07) is 16.9. The first-order valence-electron chi connectivity index (χ1n) is 9.15. The average molecular weight is 354 g/mol. The van der Waals surface area contributed by atoms with Crippen molar-refractivity contribution in [2.45, 2.75) is 32.9 Å². The molecule has 1 amide bonds. The van der Waals surface area contributed by atoms with Crippen molar-refractivity contribution in [3.8, 4) is 0 Å². The molecule has 140 valence electrons. The Morgan fingerprint density at radius 1 is 0.923 bits per heavy atom. The maximum atomic E-state index is 12.2. The predicted octanol–water partition coefficient (Wildman–Crippen LogP) is 3.62. The number of nitrogens with zero attached hydrogens (tertiary/aromatic N) is 2. The molecular formula is C22H31N3O. The maximum Gasteiger partial charge on any atom is 0.234 e. The zero-order valence-electron chi connectivity index (χ0n) is 16.6. The van der Waals surface area contributed by atoms with Crippen LogP contribution in [0, 0.1) is 0 Å². The Kier molecular flexibility index (Phi) is 7.22. The number of amides is 1. The fourth-order valence-corrected chi connectivity index (χ4v) is 2.79. The lowest BCUT2D eigenvalue weighted by Crippen LogP contribution is -2.34. The standard InChI is InChI=1S/C22H31N3O/c1-17(2)20-10-6-19(7-11-20)15-25(5)16-22(26)23-14-18-8-12-21(13-9-18)24(3)4/h6-13,17H,14-16H2,1-5H3,(H,23,26). The lowest BCUT2D eigenvalue weighted by molar-refractivity contribution is -0.122. The minimum Gasteiger partial charge on any atom is -0.378 e. The first kappa shape index (κ1) is 20.0. The molecule has 26 heavy (non-hydrogen) atoms. The molecule has 4 heteroatoms. The van der Waals surface area contributed by atoms with Gasteiger partial charge in [-0.2, -0.15) is 0 Å². The summed E-state index contributed by atoms with van der Waals surface area (Å²) in [4.78, 5) is 16.3. The Labute approximate surface area is 157 Å². The van der Waals surface area contributed by atoms with Crippen molar-refractivity contribution < 1.29 is 4.79 Å². The normalized spacial score (nSPS) is 11.0. The van der Waals surface area contributed by atoms with Gasteiger partial charge in [-0.25, -0.2) is 0 Å². The van der Waals surface area contributed by atoms with Crippen LogP contribution in [0.3, 0.4) is 0 Å². The van der Waals surface area contributed by atoms with E-state index in [1.165, 1.54) is 11.1 Å². The predicted molar refractivity (Wildman–Crippen MR) is 109 cm³/mol. The van der Waals surface area contributed by atoms with Gasteiger partial charge in [-0.3, -0.25) is 9.69 Å². The molecule has 0 radical (unpaired) electrons. The summed E-state index contributed by atoms with van der Waals surface area (Å²) in [5, 5.41) is 2.99. The molecule has 0 fully saturated rings. The second-order valence-corrected chi connectivity index (χ2v) is 7.41. The molecule has 2 aromatic carbocycles. The lowest BCUT2D eigenvalue weighted by atomic mass is 10.0. The Hall–Kier alpha value is -2.33. The fraction of sp³-hybridized carbons (Fsp3) is 0.409. The Morgan fingerprint density at radius 3 is 2.04 bits per heavy atom. The van der Waals surface area contributed by atoms with Gasteiger partial charge in [0.2, 0.25) is 5.91 Å². The molecule has 0 unspecified atom stereocenters. The van der Waals surface area contributed by atoms with Crippen molar-refractivity contribution in [1.29, 1.82) is 0 Å². The van der Waals surface area contributed by atoms with E-state index in [2.05, 4.69) is 72.6 Å². The molecule has 0 atom stereocenters. The van der Waals surface area contributed by atoms with Crippen LogP contribution in [-0.2, 0) is 17.9 Å². The molecule has 2 aromatic rings. The smallest absolute Gasteiger partial charge is 0.234 e. The molecule has 0 bridgehead atoms. The topological polar surface area (TPSA) is 35.6 Å². The van der Waals surface area contributed by atoms with Crippen LogP contribution >= 0.6 is 0 Å². The van der Waals surface area contributed by atoms with Gasteiger partial charge in [0.25, 0.3) is 0 Å². The average Bonchev–Trinajstić information content (AvgIpc) is 2.60. The van der Waals surface area contributed by atoms with Crippen LogP contribution in [0.4, 0.5) is 5.69 Å². The molecule has 0 saturated carbocycles. The Balaban J connectivity index is 1.77. The molecule has 0 heterocycles. The van der Waals surface area contributed by atoms with Gasteiger partial charge in [0.05, 0.1) is 6.54 Å². The molecule has 0 aliphatic carbocycles. The van der Waals surface area contributed by atoms with Crippen molar-refractivity contribution in [1.82, 2.24) is 10.2 Å². The van der Waals surface area contributed by atoms with E-state index in [-0.39, 0.29) is 5.91 Å². The SMILES string of the molecule is CC(C)c1ccc(CN(C)CC(=O)NCc2ccc(N(C)C)cc2)cc1. The molecule has 2 rings (SSSR count). The van der Waals surface area contributed by atoms with Crippen LogP contribution in [0.15, 0.2) is 48.5 Å². The summed E-state index contributed by atoms with van der Waals surface area (Å²) in [6.07, 6.45) is 0. The highest BCUT2D eigenvalue weighted by molar-refractivity contribution is 5.78. The highest BCUT2D eigenvalue weighted by atomic mass is 16.2. The van der Waals surface area contributed by atoms with Crippen LogP contribution in [-0.4, -0.2) is 38.5 Å². The quantitative estimate of drug-likeness (QED) is 0.787. The highest BCUT2D eigenvalue weighted by Crippen LogP contribution is 2.15. The van der Waals surface area contributed by atoms with Crippen molar-refractivity contribution in [3.05, 3.63) is 65.2 Å². The zero-order chi connectivity index (χ0) is 19.1. The van der Waals surface area contributed by atoms with E-state index in [0.717, 1.165) is 17.8 Å². The monoisotopic (exact) mass is 353 g/mol. The van der Waals surface area contributed by atoms with Crippen LogP contribution < -0.4 is 10.2 Å². The van der Waals surface area contributed by atoms with E-state index in [0.29, 0.717) is 19.0 Å². The first-order chi connectivity index (χ1) is 12.3. The third-order valence-electron chi connectivity index (χ3n) is 4.45. The van der Waals surface area contributed by atoms with Gasteiger partial charge < -0.3 is 10.2 Å². The van der Waals surface area contributed by atoms with E-state index in [1.807, 2.05) is 26.0 Å². The zero-order valence-corrected chi connectivity index (χ0v) is 16.6. The number of carbonyl (C=O) groups excluding carboxylic acids is 1. The van der Waals surface area contributed by atoms with Crippen LogP contribution in [0.5, 0.6) is 0 Å². The van der Waals surface area contributed by atoms with E-state index >= 15 is 0 Å². The van der Waals surface area contributed by atoms with Gasteiger partial charge in [-0.15, -0.1) is 0 Å². The van der Waals surface area contributed by atoms with Gasteiger partial charge >= 0.3 is 0 Å². The molecule has 0 aliphatic rings. The number of rotatable bonds is 8. The number of carbonyl (C=O) groups is 1. The van der Waals surface area contributed by atoms with Crippen molar-refractivity contribution in [2.24, 2.45) is 0 Å². The van der Waals surface area contributed by atoms with E-state index in [9.17, 15) is 4.79 Å². The van der Waals surface area contributed by atoms with Gasteiger partial charge in [0.1, 0.15) is 0 Å². The van der Waals surface area contributed by atoms with E-state index in [4.69, 9.17) is 0 Å². The third kappa shape index (κ3) is 6.19. The molecule has 4 nitrogen and oxygen atoms in total. The fourth-order valence-electron chi connectivity index (χ4n) is 2.79. The number of nitrogens with one attached hydrogen (secondary N) is 1. The van der Waals surface area contributed by atoms with Crippen molar-refractivity contribution >= 4 is 11.6 Å². The maximum absolute atomic E-state index is 12.2. The number of anilines is 1. The molecule has 1 N–H and O–H groups in total. The molecular weight excluding hydrogens is 322 g/mol. The van der Waals surface area contributed by atoms with Gasteiger partial charge in [0.15, 0.2) is 0 Å². The lowest BCUT2D eigenvalue weighted by Gasteiger charge is -2.17. The Bertz CT molecular complexity index is 690. The second-order valence-electron chi connectivity index (χ2n) is 7.41. The Morgan fingerprint density at radius 2 is 1.50 bits per heavy atom. The highest BCUT2D eigenvalue weighted by Gasteiger charge is 2.08. The summed E-state index contributed by atoms with van der Waals surface area (Å²) in [5.74, 6) is 0.585. The van der Waals surface area contributed by atoms with Crippen LogP contribution in [0.1, 0.15) is 36.5 Å². The third-order valence-corrected chi connectivity index (χ3v) is 4.45. The van der Waals surface area contributed by atoms with Gasteiger partial charge in [0, 0.05) is 32.9 Å². The van der Waals surface area contributed by atoms with Gasteiger partial charge in [-0.05, 0) is 41.8 Å².